The van der Waals surface area contributed by atoms with E-state index in [0.717, 1.165) is 31.1 Å². The van der Waals surface area contributed by atoms with E-state index in [4.69, 9.17) is 0 Å². The first kappa shape index (κ1) is 11.6. The lowest BCUT2D eigenvalue weighted by Gasteiger charge is -2.32. The van der Waals surface area contributed by atoms with Crippen LogP contribution in [0.2, 0.25) is 0 Å². The van der Waals surface area contributed by atoms with E-state index in [1.54, 1.807) is 11.3 Å². The number of carbonyl (C=O) groups is 1. The fourth-order valence-electron chi connectivity index (χ4n) is 1.84. The van der Waals surface area contributed by atoms with E-state index < -0.39 is 0 Å². The summed E-state index contributed by atoms with van der Waals surface area (Å²) in [5.74, 6) is 0.203. The average Bonchev–Trinajstić information content (AvgIpc) is 2.59. The Labute approximate surface area is 101 Å². The van der Waals surface area contributed by atoms with Gasteiger partial charge in [-0.2, -0.15) is 0 Å². The van der Waals surface area contributed by atoms with E-state index in [0.29, 0.717) is 0 Å². The van der Waals surface area contributed by atoms with Gasteiger partial charge >= 0.3 is 0 Å². The van der Waals surface area contributed by atoms with Gasteiger partial charge in [0.2, 0.25) is 0 Å². The van der Waals surface area contributed by atoms with Crippen molar-refractivity contribution in [2.45, 2.75) is 13.8 Å². The third kappa shape index (κ3) is 2.28. The van der Waals surface area contributed by atoms with Crippen LogP contribution in [0.3, 0.4) is 0 Å². The largest absolute Gasteiger partial charge is 0.335 e. The number of piperazine rings is 1. The lowest BCUT2D eigenvalue weighted by Crippen LogP contribution is -2.46. The van der Waals surface area contributed by atoms with Crippen molar-refractivity contribution in [3.05, 3.63) is 21.4 Å². The highest BCUT2D eigenvalue weighted by Gasteiger charge is 2.21. The minimum Gasteiger partial charge on any atom is -0.335 e. The van der Waals surface area contributed by atoms with Crippen molar-refractivity contribution in [2.75, 3.05) is 33.2 Å². The maximum atomic E-state index is 12.2. The third-order valence-electron chi connectivity index (χ3n) is 3.17. The Morgan fingerprint density at radius 3 is 2.38 bits per heavy atom. The SMILES string of the molecule is Cc1cc(C(=O)N2CCN(C)CC2)sc1C. The number of nitrogens with zero attached hydrogens (tertiary/aromatic N) is 2. The summed E-state index contributed by atoms with van der Waals surface area (Å²) in [7, 11) is 2.10. The maximum Gasteiger partial charge on any atom is 0.264 e. The molecular weight excluding hydrogens is 220 g/mol. The molecule has 0 aliphatic carbocycles. The molecule has 0 aromatic carbocycles. The van der Waals surface area contributed by atoms with Gasteiger partial charge in [0.1, 0.15) is 0 Å². The molecule has 4 heteroatoms. The minimum atomic E-state index is 0.203. The molecule has 1 fully saturated rings. The number of carbonyl (C=O) groups excluding carboxylic acids is 1. The Balaban J connectivity index is 2.07. The summed E-state index contributed by atoms with van der Waals surface area (Å²) in [6, 6.07) is 2.01. The van der Waals surface area contributed by atoms with Crippen LogP contribution in [0.1, 0.15) is 20.1 Å². The first-order chi connectivity index (χ1) is 7.58. The zero-order valence-corrected chi connectivity index (χ0v) is 10.9. The predicted molar refractivity (Wildman–Crippen MR) is 67.2 cm³/mol. The van der Waals surface area contributed by atoms with Gasteiger partial charge in [-0.25, -0.2) is 0 Å². The van der Waals surface area contributed by atoms with Crippen molar-refractivity contribution in [3.8, 4) is 0 Å². The number of likely N-dealkylation sites (N-methyl/N-ethyl adjacent to an activating group) is 1. The number of rotatable bonds is 1. The van der Waals surface area contributed by atoms with E-state index in [1.165, 1.54) is 10.4 Å². The number of amides is 1. The lowest BCUT2D eigenvalue weighted by atomic mass is 10.2. The van der Waals surface area contributed by atoms with Crippen LogP contribution < -0.4 is 0 Å². The summed E-state index contributed by atoms with van der Waals surface area (Å²) >= 11 is 1.61. The first-order valence-electron chi connectivity index (χ1n) is 5.63. The molecule has 0 spiro atoms. The van der Waals surface area contributed by atoms with E-state index in [1.807, 2.05) is 11.0 Å². The highest BCUT2D eigenvalue weighted by atomic mass is 32.1. The zero-order chi connectivity index (χ0) is 11.7. The molecule has 1 aliphatic rings. The molecule has 16 heavy (non-hydrogen) atoms. The van der Waals surface area contributed by atoms with E-state index >= 15 is 0 Å². The summed E-state index contributed by atoms with van der Waals surface area (Å²) in [5.41, 5.74) is 1.22. The summed E-state index contributed by atoms with van der Waals surface area (Å²) < 4.78 is 0. The number of hydrogen-bond acceptors (Lipinski definition) is 3. The molecule has 1 amide bonds. The molecule has 1 saturated heterocycles. The van der Waals surface area contributed by atoms with Crippen molar-refractivity contribution >= 4 is 17.2 Å². The second-order valence-electron chi connectivity index (χ2n) is 4.45. The van der Waals surface area contributed by atoms with Gasteiger partial charge in [0.25, 0.3) is 5.91 Å². The molecule has 1 aromatic heterocycles. The molecule has 88 valence electrons. The van der Waals surface area contributed by atoms with Gasteiger partial charge in [-0.1, -0.05) is 0 Å². The molecule has 2 heterocycles. The minimum absolute atomic E-state index is 0.203. The van der Waals surface area contributed by atoms with Crippen LogP contribution in [0.15, 0.2) is 6.07 Å². The van der Waals surface area contributed by atoms with Crippen LogP contribution in [0.25, 0.3) is 0 Å². The van der Waals surface area contributed by atoms with Gasteiger partial charge in [-0.15, -0.1) is 11.3 Å². The monoisotopic (exact) mass is 238 g/mol. The number of thiophene rings is 1. The Morgan fingerprint density at radius 1 is 1.25 bits per heavy atom. The molecular formula is C12H18N2OS. The Bertz CT molecular complexity index is 372. The molecule has 0 saturated carbocycles. The van der Waals surface area contributed by atoms with Crippen molar-refractivity contribution in [1.29, 1.82) is 0 Å². The van der Waals surface area contributed by atoms with E-state index in [2.05, 4.69) is 25.8 Å². The van der Waals surface area contributed by atoms with Crippen LogP contribution >= 0.6 is 11.3 Å². The molecule has 0 bridgehead atoms. The van der Waals surface area contributed by atoms with Crippen LogP contribution in [-0.2, 0) is 0 Å². The van der Waals surface area contributed by atoms with Crippen molar-refractivity contribution < 1.29 is 4.79 Å². The predicted octanol–water partition coefficient (Wildman–Crippen LogP) is 1.75. The molecule has 1 aliphatic heterocycles. The molecule has 2 rings (SSSR count). The van der Waals surface area contributed by atoms with Crippen LogP contribution in [0, 0.1) is 13.8 Å². The average molecular weight is 238 g/mol. The van der Waals surface area contributed by atoms with Crippen LogP contribution in [-0.4, -0.2) is 48.9 Å². The quantitative estimate of drug-likeness (QED) is 0.744. The van der Waals surface area contributed by atoms with Crippen LogP contribution in [0.5, 0.6) is 0 Å². The maximum absolute atomic E-state index is 12.2. The van der Waals surface area contributed by atoms with Crippen molar-refractivity contribution in [2.24, 2.45) is 0 Å². The fourth-order valence-corrected chi connectivity index (χ4v) is 2.85. The summed E-state index contributed by atoms with van der Waals surface area (Å²) in [6.45, 7) is 7.80. The highest BCUT2D eigenvalue weighted by Crippen LogP contribution is 2.22. The first-order valence-corrected chi connectivity index (χ1v) is 6.44. The van der Waals surface area contributed by atoms with E-state index in [9.17, 15) is 4.79 Å². The van der Waals surface area contributed by atoms with Gasteiger partial charge in [-0.05, 0) is 32.5 Å². The van der Waals surface area contributed by atoms with Gasteiger partial charge in [0.15, 0.2) is 0 Å². The molecule has 0 N–H and O–H groups in total. The van der Waals surface area contributed by atoms with Crippen molar-refractivity contribution in [1.82, 2.24) is 9.80 Å². The second kappa shape index (κ2) is 4.55. The lowest BCUT2D eigenvalue weighted by molar-refractivity contribution is 0.0669. The standard InChI is InChI=1S/C12H18N2OS/c1-9-8-11(16-10(9)2)12(15)14-6-4-13(3)5-7-14/h8H,4-7H2,1-3H3. The normalized spacial score (nSPS) is 17.8. The number of aryl methyl sites for hydroxylation is 2. The number of hydrogen-bond donors (Lipinski definition) is 0. The molecule has 3 nitrogen and oxygen atoms in total. The highest BCUT2D eigenvalue weighted by molar-refractivity contribution is 7.14. The topological polar surface area (TPSA) is 23.6 Å². The molecule has 0 unspecified atom stereocenters. The second-order valence-corrected chi connectivity index (χ2v) is 5.70. The Hall–Kier alpha value is -0.870. The fraction of sp³-hybridized carbons (Fsp3) is 0.583. The van der Waals surface area contributed by atoms with Gasteiger partial charge in [-0.3, -0.25) is 4.79 Å². The molecule has 0 atom stereocenters. The third-order valence-corrected chi connectivity index (χ3v) is 4.31. The summed E-state index contributed by atoms with van der Waals surface area (Å²) in [6.07, 6.45) is 0. The van der Waals surface area contributed by atoms with Crippen LogP contribution in [0.4, 0.5) is 0 Å². The Kier molecular flexibility index (Phi) is 3.30. The van der Waals surface area contributed by atoms with Crippen molar-refractivity contribution in [3.63, 3.8) is 0 Å². The summed E-state index contributed by atoms with van der Waals surface area (Å²) in [4.78, 5) is 18.5. The summed E-state index contributed by atoms with van der Waals surface area (Å²) in [5, 5.41) is 0. The van der Waals surface area contributed by atoms with Gasteiger partial charge < -0.3 is 9.80 Å². The molecule has 0 radical (unpaired) electrons. The van der Waals surface area contributed by atoms with Gasteiger partial charge in [0.05, 0.1) is 4.88 Å². The Morgan fingerprint density at radius 2 is 1.88 bits per heavy atom. The van der Waals surface area contributed by atoms with E-state index in [-0.39, 0.29) is 5.91 Å². The molecule has 1 aromatic rings. The smallest absolute Gasteiger partial charge is 0.264 e. The zero-order valence-electron chi connectivity index (χ0n) is 10.1. The van der Waals surface area contributed by atoms with Gasteiger partial charge in [0, 0.05) is 31.1 Å².